The van der Waals surface area contributed by atoms with Crippen LogP contribution >= 0.6 is 0 Å². The summed E-state index contributed by atoms with van der Waals surface area (Å²) >= 11 is 0. The highest BCUT2D eigenvalue weighted by Crippen LogP contribution is 2.16. The molecule has 0 spiro atoms. The Balaban J connectivity index is 2.72. The van der Waals surface area contributed by atoms with Gasteiger partial charge in [0.1, 0.15) is 5.60 Å². The molecule has 112 valence electrons. The van der Waals surface area contributed by atoms with E-state index in [-0.39, 0.29) is 26.2 Å². The van der Waals surface area contributed by atoms with Crippen LogP contribution in [0.1, 0.15) is 20.8 Å². The Bertz CT molecular complexity index is 429. The number of amides is 1. The predicted octanol–water partition coefficient (Wildman–Crippen LogP) is -0.140. The third-order valence-electron chi connectivity index (χ3n) is 2.72. The SMILES string of the molecule is CC(C)(C)OC(=O)N1CCN(S(C)(=O)=O)C(CO)C1. The predicted molar refractivity (Wildman–Crippen MR) is 70.2 cm³/mol. The number of rotatable bonds is 2. The molecule has 1 heterocycles. The van der Waals surface area contributed by atoms with Crippen molar-refractivity contribution in [1.29, 1.82) is 0 Å². The van der Waals surface area contributed by atoms with E-state index in [9.17, 15) is 18.3 Å². The Hall–Kier alpha value is -0.860. The van der Waals surface area contributed by atoms with Gasteiger partial charge in [0.2, 0.25) is 10.0 Å². The highest BCUT2D eigenvalue weighted by atomic mass is 32.2. The highest BCUT2D eigenvalue weighted by Gasteiger charge is 2.35. The first kappa shape index (κ1) is 16.2. The molecule has 0 aliphatic carbocycles. The summed E-state index contributed by atoms with van der Waals surface area (Å²) < 4.78 is 29.5. The van der Waals surface area contributed by atoms with Crippen molar-refractivity contribution in [3.05, 3.63) is 0 Å². The molecule has 0 aromatic carbocycles. The van der Waals surface area contributed by atoms with Gasteiger partial charge in [0, 0.05) is 19.6 Å². The first-order chi connectivity index (χ1) is 8.54. The van der Waals surface area contributed by atoms with Gasteiger partial charge in [-0.05, 0) is 20.8 Å². The van der Waals surface area contributed by atoms with Crippen LogP contribution in [0.3, 0.4) is 0 Å². The number of sulfonamides is 1. The van der Waals surface area contributed by atoms with Gasteiger partial charge in [-0.2, -0.15) is 4.31 Å². The largest absolute Gasteiger partial charge is 0.444 e. The maximum absolute atomic E-state index is 11.9. The topological polar surface area (TPSA) is 87.2 Å². The standard InChI is InChI=1S/C11H22N2O5S/c1-11(2,3)18-10(15)12-5-6-13(19(4,16)17)9(7-12)8-14/h9,14H,5-8H2,1-4H3. The van der Waals surface area contributed by atoms with Gasteiger partial charge >= 0.3 is 6.09 Å². The average molecular weight is 294 g/mol. The van der Waals surface area contributed by atoms with Crippen molar-refractivity contribution in [3.8, 4) is 0 Å². The molecule has 19 heavy (non-hydrogen) atoms. The Morgan fingerprint density at radius 2 is 1.95 bits per heavy atom. The number of piperazine rings is 1. The molecular weight excluding hydrogens is 272 g/mol. The van der Waals surface area contributed by atoms with Crippen LogP contribution in [-0.4, -0.2) is 73.0 Å². The van der Waals surface area contributed by atoms with Gasteiger partial charge in [0.05, 0.1) is 18.9 Å². The van der Waals surface area contributed by atoms with E-state index >= 15 is 0 Å². The molecule has 0 aromatic rings. The van der Waals surface area contributed by atoms with Crippen LogP contribution in [0.5, 0.6) is 0 Å². The minimum atomic E-state index is -3.38. The Morgan fingerprint density at radius 1 is 1.37 bits per heavy atom. The van der Waals surface area contributed by atoms with Crippen LogP contribution in [-0.2, 0) is 14.8 Å². The maximum atomic E-state index is 11.9. The second-order valence-corrected chi connectivity index (χ2v) is 7.57. The van der Waals surface area contributed by atoms with Crippen LogP contribution in [0, 0.1) is 0 Å². The molecule has 7 nitrogen and oxygen atoms in total. The number of nitrogens with zero attached hydrogens (tertiary/aromatic N) is 2. The maximum Gasteiger partial charge on any atom is 0.410 e. The smallest absolute Gasteiger partial charge is 0.410 e. The number of hydrogen-bond acceptors (Lipinski definition) is 5. The van der Waals surface area contributed by atoms with Gasteiger partial charge in [-0.15, -0.1) is 0 Å². The lowest BCUT2D eigenvalue weighted by atomic mass is 10.2. The van der Waals surface area contributed by atoms with E-state index < -0.39 is 27.8 Å². The minimum Gasteiger partial charge on any atom is -0.444 e. The Kier molecular flexibility index (Phi) is 4.81. The zero-order valence-electron chi connectivity index (χ0n) is 11.8. The van der Waals surface area contributed by atoms with Crippen molar-refractivity contribution in [2.75, 3.05) is 32.5 Å². The Morgan fingerprint density at radius 3 is 2.37 bits per heavy atom. The number of aliphatic hydroxyl groups is 1. The van der Waals surface area contributed by atoms with Crippen LogP contribution < -0.4 is 0 Å². The van der Waals surface area contributed by atoms with Crippen molar-refractivity contribution in [1.82, 2.24) is 9.21 Å². The van der Waals surface area contributed by atoms with E-state index in [1.165, 1.54) is 9.21 Å². The van der Waals surface area contributed by atoms with Crippen molar-refractivity contribution in [3.63, 3.8) is 0 Å². The molecule has 0 aromatic heterocycles. The molecule has 1 saturated heterocycles. The molecule has 0 radical (unpaired) electrons. The molecule has 0 saturated carbocycles. The van der Waals surface area contributed by atoms with E-state index in [2.05, 4.69) is 0 Å². The van der Waals surface area contributed by atoms with Crippen molar-refractivity contribution in [2.45, 2.75) is 32.4 Å². The first-order valence-electron chi connectivity index (χ1n) is 6.10. The normalized spacial score (nSPS) is 22.4. The van der Waals surface area contributed by atoms with E-state index in [1.54, 1.807) is 20.8 Å². The molecule has 1 unspecified atom stereocenters. The summed E-state index contributed by atoms with van der Waals surface area (Å²) in [6, 6.07) is -0.615. The number of ether oxygens (including phenoxy) is 1. The lowest BCUT2D eigenvalue weighted by Crippen LogP contribution is -2.58. The summed E-state index contributed by atoms with van der Waals surface area (Å²) in [5, 5.41) is 9.27. The quantitative estimate of drug-likeness (QED) is 0.766. The van der Waals surface area contributed by atoms with Crippen molar-refractivity contribution in [2.24, 2.45) is 0 Å². The zero-order valence-corrected chi connectivity index (χ0v) is 12.6. The minimum absolute atomic E-state index is 0.137. The molecule has 1 fully saturated rings. The second kappa shape index (κ2) is 5.64. The fourth-order valence-corrected chi connectivity index (χ4v) is 3.00. The summed E-state index contributed by atoms with van der Waals surface area (Å²) in [6.45, 7) is 5.54. The van der Waals surface area contributed by atoms with Crippen LogP contribution in [0.25, 0.3) is 0 Å². The highest BCUT2D eigenvalue weighted by molar-refractivity contribution is 7.88. The van der Waals surface area contributed by atoms with E-state index in [4.69, 9.17) is 4.74 Å². The van der Waals surface area contributed by atoms with Gasteiger partial charge in [-0.3, -0.25) is 0 Å². The van der Waals surface area contributed by atoms with E-state index in [0.717, 1.165) is 6.26 Å². The summed E-state index contributed by atoms with van der Waals surface area (Å²) in [7, 11) is -3.38. The molecule has 0 bridgehead atoms. The number of carbonyl (C=O) groups excluding carboxylic acids is 1. The van der Waals surface area contributed by atoms with Crippen LogP contribution in [0.15, 0.2) is 0 Å². The summed E-state index contributed by atoms with van der Waals surface area (Å²) in [6.07, 6.45) is 0.609. The Labute approximate surface area is 114 Å². The number of hydrogen-bond donors (Lipinski definition) is 1. The van der Waals surface area contributed by atoms with Gasteiger partial charge in [0.25, 0.3) is 0 Å². The van der Waals surface area contributed by atoms with Gasteiger partial charge in [-0.25, -0.2) is 13.2 Å². The second-order valence-electron chi connectivity index (χ2n) is 5.64. The molecule has 1 N–H and O–H groups in total. The average Bonchev–Trinajstić information content (AvgIpc) is 2.24. The summed E-state index contributed by atoms with van der Waals surface area (Å²) in [5.41, 5.74) is -0.597. The molecular formula is C11H22N2O5S. The molecule has 8 heteroatoms. The van der Waals surface area contributed by atoms with Crippen LogP contribution in [0.2, 0.25) is 0 Å². The van der Waals surface area contributed by atoms with E-state index in [1.807, 2.05) is 0 Å². The van der Waals surface area contributed by atoms with Crippen molar-refractivity contribution >= 4 is 16.1 Å². The summed E-state index contributed by atoms with van der Waals surface area (Å²) in [5.74, 6) is 0. The number of carbonyl (C=O) groups is 1. The molecule has 1 aliphatic rings. The lowest BCUT2D eigenvalue weighted by molar-refractivity contribution is 0.00890. The monoisotopic (exact) mass is 294 g/mol. The summed E-state index contributed by atoms with van der Waals surface area (Å²) in [4.78, 5) is 13.3. The molecule has 1 rings (SSSR count). The zero-order chi connectivity index (χ0) is 14.8. The van der Waals surface area contributed by atoms with Gasteiger partial charge in [0.15, 0.2) is 0 Å². The molecule has 1 aliphatic heterocycles. The van der Waals surface area contributed by atoms with Gasteiger partial charge < -0.3 is 14.7 Å². The van der Waals surface area contributed by atoms with Gasteiger partial charge in [-0.1, -0.05) is 0 Å². The molecule has 1 amide bonds. The number of aliphatic hydroxyl groups excluding tert-OH is 1. The molecule has 1 atom stereocenters. The third-order valence-corrected chi connectivity index (χ3v) is 4.05. The first-order valence-corrected chi connectivity index (χ1v) is 7.95. The fraction of sp³-hybridized carbons (Fsp3) is 0.909. The lowest BCUT2D eigenvalue weighted by Gasteiger charge is -2.39. The third kappa shape index (κ3) is 4.63. The van der Waals surface area contributed by atoms with Crippen molar-refractivity contribution < 1.29 is 23.1 Å². The fourth-order valence-electron chi connectivity index (χ4n) is 1.92. The van der Waals surface area contributed by atoms with Crippen LogP contribution in [0.4, 0.5) is 4.79 Å². The van der Waals surface area contributed by atoms with E-state index in [0.29, 0.717) is 0 Å².